The van der Waals surface area contributed by atoms with Gasteiger partial charge in [-0.1, -0.05) is 0 Å². The summed E-state index contributed by atoms with van der Waals surface area (Å²) in [7, 11) is 0. The van der Waals surface area contributed by atoms with Gasteiger partial charge in [0.15, 0.2) is 0 Å². The highest BCUT2D eigenvalue weighted by atomic mass is 35.5. The number of carbonyl (C=O) groups excluding carboxylic acids is 1. The number of halogens is 1. The van der Waals surface area contributed by atoms with Crippen molar-refractivity contribution in [3.8, 4) is 0 Å². The maximum Gasteiger partial charge on any atom is 0.223 e. The van der Waals surface area contributed by atoms with Gasteiger partial charge < -0.3 is 5.32 Å². The van der Waals surface area contributed by atoms with Gasteiger partial charge in [-0.05, 0) is 37.5 Å². The largest absolute Gasteiger partial charge is 0.353 e. The molecule has 2 rings (SSSR count). The molecule has 1 amide bonds. The average Bonchev–Trinajstić information content (AvgIpc) is 2.89. The lowest BCUT2D eigenvalue weighted by Crippen LogP contribution is -2.38. The van der Waals surface area contributed by atoms with Crippen LogP contribution in [0.3, 0.4) is 0 Å². The number of carbonyl (C=O) groups is 1. The molecule has 0 atom stereocenters. The van der Waals surface area contributed by atoms with E-state index in [0.717, 1.165) is 25.9 Å². The van der Waals surface area contributed by atoms with Crippen molar-refractivity contribution in [3.63, 3.8) is 0 Å². The predicted octanol–water partition coefficient (Wildman–Crippen LogP) is 1.13. The maximum absolute atomic E-state index is 11.6. The van der Waals surface area contributed by atoms with Crippen LogP contribution in [-0.2, 0) is 4.79 Å². The molecule has 1 N–H and O–H groups in total. The Kier molecular flexibility index (Phi) is 2.74. The molecular weight excluding hydrogens is 188 g/mol. The van der Waals surface area contributed by atoms with E-state index in [1.165, 1.54) is 12.8 Å². The van der Waals surface area contributed by atoms with E-state index >= 15 is 0 Å². The first-order chi connectivity index (χ1) is 6.25. The molecule has 0 unspecified atom stereocenters. The van der Waals surface area contributed by atoms with Gasteiger partial charge in [0.2, 0.25) is 5.91 Å². The summed E-state index contributed by atoms with van der Waals surface area (Å²) >= 11 is 5.81. The van der Waals surface area contributed by atoms with Crippen molar-refractivity contribution in [1.82, 2.24) is 9.74 Å². The second kappa shape index (κ2) is 3.84. The second-order valence-corrected chi connectivity index (χ2v) is 4.45. The molecule has 0 aromatic rings. The summed E-state index contributed by atoms with van der Waals surface area (Å²) in [5.41, 5.74) is 0. The van der Waals surface area contributed by atoms with E-state index in [1.54, 1.807) is 4.42 Å². The van der Waals surface area contributed by atoms with E-state index in [0.29, 0.717) is 6.04 Å². The smallest absolute Gasteiger partial charge is 0.223 e. The molecule has 0 radical (unpaired) electrons. The molecule has 0 aromatic heterocycles. The first-order valence-corrected chi connectivity index (χ1v) is 5.30. The Bertz CT molecular complexity index is 198. The van der Waals surface area contributed by atoms with Crippen LogP contribution in [-0.4, -0.2) is 29.5 Å². The molecule has 2 fully saturated rings. The molecule has 74 valence electrons. The van der Waals surface area contributed by atoms with Crippen LogP contribution in [0.2, 0.25) is 0 Å². The van der Waals surface area contributed by atoms with E-state index in [4.69, 9.17) is 11.8 Å². The Labute approximate surface area is 83.5 Å². The SMILES string of the molecule is O=C(NC1CC1)C1CCN(Cl)CC1. The zero-order valence-corrected chi connectivity index (χ0v) is 8.39. The van der Waals surface area contributed by atoms with E-state index in [-0.39, 0.29) is 11.8 Å². The van der Waals surface area contributed by atoms with Crippen molar-refractivity contribution >= 4 is 17.7 Å². The molecule has 1 saturated carbocycles. The second-order valence-electron chi connectivity index (χ2n) is 3.97. The highest BCUT2D eigenvalue weighted by Gasteiger charge is 2.29. The van der Waals surface area contributed by atoms with Gasteiger partial charge in [-0.25, -0.2) is 4.42 Å². The summed E-state index contributed by atoms with van der Waals surface area (Å²) < 4.78 is 1.76. The summed E-state index contributed by atoms with van der Waals surface area (Å²) in [5, 5.41) is 3.04. The monoisotopic (exact) mass is 202 g/mol. The molecule has 2 aliphatic rings. The van der Waals surface area contributed by atoms with Crippen LogP contribution in [0.1, 0.15) is 25.7 Å². The zero-order chi connectivity index (χ0) is 9.26. The quantitative estimate of drug-likeness (QED) is 0.681. The van der Waals surface area contributed by atoms with Crippen LogP contribution >= 0.6 is 11.8 Å². The minimum absolute atomic E-state index is 0.204. The summed E-state index contributed by atoms with van der Waals surface area (Å²) in [4.78, 5) is 11.6. The summed E-state index contributed by atoms with van der Waals surface area (Å²) in [5.74, 6) is 0.447. The molecule has 1 saturated heterocycles. The third-order valence-corrected chi connectivity index (χ3v) is 3.07. The van der Waals surface area contributed by atoms with Crippen LogP contribution in [0.4, 0.5) is 0 Å². The molecule has 1 aliphatic carbocycles. The van der Waals surface area contributed by atoms with Crippen molar-refractivity contribution in [3.05, 3.63) is 0 Å². The van der Waals surface area contributed by atoms with Crippen LogP contribution in [0.15, 0.2) is 0 Å². The number of piperidine rings is 1. The van der Waals surface area contributed by atoms with Crippen molar-refractivity contribution < 1.29 is 4.79 Å². The third-order valence-electron chi connectivity index (χ3n) is 2.73. The topological polar surface area (TPSA) is 32.3 Å². The minimum Gasteiger partial charge on any atom is -0.353 e. The molecule has 13 heavy (non-hydrogen) atoms. The lowest BCUT2D eigenvalue weighted by atomic mass is 9.97. The Hall–Kier alpha value is -0.280. The Balaban J connectivity index is 1.75. The van der Waals surface area contributed by atoms with Crippen LogP contribution in [0, 0.1) is 5.92 Å². The van der Waals surface area contributed by atoms with Crippen molar-refractivity contribution in [2.75, 3.05) is 13.1 Å². The van der Waals surface area contributed by atoms with Gasteiger partial charge in [0, 0.05) is 25.0 Å². The van der Waals surface area contributed by atoms with Gasteiger partial charge in [0.25, 0.3) is 0 Å². The van der Waals surface area contributed by atoms with Crippen molar-refractivity contribution in [2.24, 2.45) is 5.92 Å². The number of hydrogen-bond donors (Lipinski definition) is 1. The summed E-state index contributed by atoms with van der Waals surface area (Å²) in [6.07, 6.45) is 4.14. The first kappa shape index (κ1) is 9.28. The average molecular weight is 203 g/mol. The Morgan fingerprint density at radius 2 is 1.85 bits per heavy atom. The predicted molar refractivity (Wildman–Crippen MR) is 51.3 cm³/mol. The number of nitrogens with zero attached hydrogens (tertiary/aromatic N) is 1. The van der Waals surface area contributed by atoms with Crippen molar-refractivity contribution in [1.29, 1.82) is 0 Å². The minimum atomic E-state index is 0.204. The van der Waals surface area contributed by atoms with Gasteiger partial charge in [-0.15, -0.1) is 0 Å². The van der Waals surface area contributed by atoms with Gasteiger partial charge in [0.05, 0.1) is 0 Å². The number of rotatable bonds is 2. The van der Waals surface area contributed by atoms with E-state index in [2.05, 4.69) is 5.32 Å². The molecule has 0 spiro atoms. The molecule has 1 aliphatic heterocycles. The number of amides is 1. The summed E-state index contributed by atoms with van der Waals surface area (Å²) in [6, 6.07) is 0.488. The molecule has 0 aromatic carbocycles. The Morgan fingerprint density at radius 1 is 1.23 bits per heavy atom. The summed E-state index contributed by atoms with van der Waals surface area (Å²) in [6.45, 7) is 1.68. The number of hydrogen-bond acceptors (Lipinski definition) is 2. The normalized spacial score (nSPS) is 25.9. The Morgan fingerprint density at radius 3 is 2.38 bits per heavy atom. The fourth-order valence-electron chi connectivity index (χ4n) is 1.66. The zero-order valence-electron chi connectivity index (χ0n) is 7.63. The third kappa shape index (κ3) is 2.58. The number of nitrogens with one attached hydrogen (secondary N) is 1. The van der Waals surface area contributed by atoms with Crippen LogP contribution in [0.25, 0.3) is 0 Å². The van der Waals surface area contributed by atoms with Gasteiger partial charge in [-0.2, -0.15) is 0 Å². The lowest BCUT2D eigenvalue weighted by molar-refractivity contribution is -0.126. The highest BCUT2D eigenvalue weighted by molar-refractivity contribution is 6.13. The van der Waals surface area contributed by atoms with Gasteiger partial charge >= 0.3 is 0 Å². The van der Waals surface area contributed by atoms with Crippen LogP contribution in [0.5, 0.6) is 0 Å². The molecule has 4 heteroatoms. The molecule has 1 heterocycles. The maximum atomic E-state index is 11.6. The lowest BCUT2D eigenvalue weighted by Gasteiger charge is -2.26. The fraction of sp³-hybridized carbons (Fsp3) is 0.889. The van der Waals surface area contributed by atoms with E-state index < -0.39 is 0 Å². The van der Waals surface area contributed by atoms with E-state index in [9.17, 15) is 4.79 Å². The van der Waals surface area contributed by atoms with Gasteiger partial charge in [-0.3, -0.25) is 4.79 Å². The highest BCUT2D eigenvalue weighted by Crippen LogP contribution is 2.22. The van der Waals surface area contributed by atoms with Crippen LogP contribution < -0.4 is 5.32 Å². The first-order valence-electron chi connectivity index (χ1n) is 4.97. The van der Waals surface area contributed by atoms with E-state index in [1.807, 2.05) is 0 Å². The molecular formula is C9H15ClN2O. The standard InChI is InChI=1S/C9H15ClN2O/c10-12-5-3-7(4-6-12)9(13)11-8-1-2-8/h7-8H,1-6H2,(H,11,13). The molecule has 3 nitrogen and oxygen atoms in total. The van der Waals surface area contributed by atoms with Gasteiger partial charge in [0.1, 0.15) is 0 Å². The van der Waals surface area contributed by atoms with Crippen molar-refractivity contribution in [2.45, 2.75) is 31.7 Å². The fourth-order valence-corrected chi connectivity index (χ4v) is 1.85. The molecule has 0 bridgehead atoms.